The van der Waals surface area contributed by atoms with Gasteiger partial charge in [-0.1, -0.05) is 13.3 Å². The minimum absolute atomic E-state index is 0.462. The molecule has 0 aliphatic carbocycles. The second kappa shape index (κ2) is 5.50. The fraction of sp³-hybridized carbons (Fsp3) is 0.636. The molecule has 1 unspecified atom stereocenters. The summed E-state index contributed by atoms with van der Waals surface area (Å²) in [6, 6.07) is 1.94. The zero-order valence-electron chi connectivity index (χ0n) is 9.57. The summed E-state index contributed by atoms with van der Waals surface area (Å²) >= 11 is 1.95. The molecule has 0 bridgehead atoms. The lowest BCUT2D eigenvalue weighted by Crippen LogP contribution is -2.12. The zero-order chi connectivity index (χ0) is 11.4. The molecule has 1 aliphatic heterocycles. The number of nitrogen functional groups attached to an aromatic ring is 1. The van der Waals surface area contributed by atoms with Crippen molar-refractivity contribution < 1.29 is 0 Å². The number of aromatic nitrogens is 2. The first-order valence-electron chi connectivity index (χ1n) is 5.79. The Hall–Kier alpha value is -0.810. The second-order valence-corrected chi connectivity index (χ2v) is 5.31. The summed E-state index contributed by atoms with van der Waals surface area (Å²) in [6.45, 7) is 2.15. The summed E-state index contributed by atoms with van der Waals surface area (Å²) < 4.78 is 0. The molecule has 16 heavy (non-hydrogen) atoms. The molecule has 0 aromatic carbocycles. The van der Waals surface area contributed by atoms with Crippen LogP contribution < -0.4 is 11.3 Å². The van der Waals surface area contributed by atoms with E-state index in [9.17, 15) is 0 Å². The van der Waals surface area contributed by atoms with Crippen molar-refractivity contribution >= 4 is 17.6 Å². The maximum Gasteiger partial charge on any atom is 0.143 e. The molecule has 0 amide bonds. The molecule has 1 atom stereocenters. The maximum absolute atomic E-state index is 5.44. The van der Waals surface area contributed by atoms with Crippen molar-refractivity contribution in [1.29, 1.82) is 0 Å². The molecule has 1 fully saturated rings. The summed E-state index contributed by atoms with van der Waals surface area (Å²) in [5.74, 6) is 8.34. The third-order valence-corrected chi connectivity index (χ3v) is 4.04. The van der Waals surface area contributed by atoms with Gasteiger partial charge in [0.25, 0.3) is 0 Å². The number of nitrogens with zero attached hydrogens (tertiary/aromatic N) is 2. The third-order valence-electron chi connectivity index (χ3n) is 2.67. The molecular formula is C11H18N4S. The van der Waals surface area contributed by atoms with E-state index in [2.05, 4.69) is 22.3 Å². The Bertz CT molecular complexity index is 350. The lowest BCUT2D eigenvalue weighted by Gasteiger charge is -2.11. The number of aryl methyl sites for hydroxylation is 1. The highest BCUT2D eigenvalue weighted by Gasteiger charge is 2.21. The van der Waals surface area contributed by atoms with E-state index in [-0.39, 0.29) is 0 Å². The molecule has 1 aromatic heterocycles. The normalized spacial score (nSPS) is 20.0. The van der Waals surface area contributed by atoms with Crippen molar-refractivity contribution in [1.82, 2.24) is 9.97 Å². The van der Waals surface area contributed by atoms with Gasteiger partial charge in [-0.15, -0.1) is 0 Å². The largest absolute Gasteiger partial charge is 0.308 e. The number of nitrogens with two attached hydrogens (primary N) is 1. The van der Waals surface area contributed by atoms with E-state index in [4.69, 9.17) is 5.84 Å². The summed E-state index contributed by atoms with van der Waals surface area (Å²) in [7, 11) is 0. The number of hydrazine groups is 1. The van der Waals surface area contributed by atoms with E-state index in [0.29, 0.717) is 5.25 Å². The molecule has 4 nitrogen and oxygen atoms in total. The molecule has 0 saturated carbocycles. The maximum atomic E-state index is 5.44. The number of hydrogen-bond acceptors (Lipinski definition) is 5. The van der Waals surface area contributed by atoms with E-state index in [0.717, 1.165) is 30.2 Å². The Kier molecular flexibility index (Phi) is 4.01. The van der Waals surface area contributed by atoms with Gasteiger partial charge in [0.2, 0.25) is 0 Å². The number of anilines is 1. The fourth-order valence-corrected chi connectivity index (χ4v) is 3.11. The van der Waals surface area contributed by atoms with Crippen LogP contribution in [0.4, 0.5) is 5.82 Å². The quantitative estimate of drug-likeness (QED) is 0.622. The van der Waals surface area contributed by atoms with Crippen molar-refractivity contribution in [2.24, 2.45) is 5.84 Å². The zero-order valence-corrected chi connectivity index (χ0v) is 10.4. The lowest BCUT2D eigenvalue weighted by molar-refractivity contribution is 0.758. The highest BCUT2D eigenvalue weighted by molar-refractivity contribution is 7.99. The van der Waals surface area contributed by atoms with Gasteiger partial charge in [0.1, 0.15) is 11.6 Å². The summed E-state index contributed by atoms with van der Waals surface area (Å²) in [6.07, 6.45) is 4.53. The summed E-state index contributed by atoms with van der Waals surface area (Å²) in [4.78, 5) is 9.07. The molecule has 2 rings (SSSR count). The Morgan fingerprint density at radius 3 is 3.06 bits per heavy atom. The monoisotopic (exact) mass is 238 g/mol. The molecule has 5 heteroatoms. The molecule has 0 spiro atoms. The number of rotatable bonds is 4. The van der Waals surface area contributed by atoms with E-state index >= 15 is 0 Å². The van der Waals surface area contributed by atoms with Gasteiger partial charge in [-0.2, -0.15) is 11.8 Å². The standard InChI is InChI=1S/C11H18N4S/c1-2-4-8-7-10(15-12)14-11(13-8)9-5-3-6-16-9/h7,9H,2-6,12H2,1H3,(H,13,14,15). The van der Waals surface area contributed by atoms with Gasteiger partial charge in [-0.25, -0.2) is 15.8 Å². The van der Waals surface area contributed by atoms with Crippen LogP contribution in [-0.2, 0) is 6.42 Å². The van der Waals surface area contributed by atoms with E-state index < -0.39 is 0 Å². The Morgan fingerprint density at radius 1 is 1.56 bits per heavy atom. The Labute approximate surface area is 100 Å². The predicted octanol–water partition coefficient (Wildman–Crippen LogP) is 2.28. The van der Waals surface area contributed by atoms with Gasteiger partial charge in [0, 0.05) is 11.8 Å². The van der Waals surface area contributed by atoms with Crippen molar-refractivity contribution in [2.75, 3.05) is 11.2 Å². The van der Waals surface area contributed by atoms with Gasteiger partial charge in [0.05, 0.1) is 5.25 Å². The Morgan fingerprint density at radius 2 is 2.44 bits per heavy atom. The van der Waals surface area contributed by atoms with Crippen molar-refractivity contribution in [3.63, 3.8) is 0 Å². The Balaban J connectivity index is 2.24. The van der Waals surface area contributed by atoms with Crippen molar-refractivity contribution in [3.8, 4) is 0 Å². The second-order valence-electron chi connectivity index (χ2n) is 4.00. The summed E-state index contributed by atoms with van der Waals surface area (Å²) in [5, 5.41) is 0.462. The highest BCUT2D eigenvalue weighted by Crippen LogP contribution is 2.38. The number of hydrogen-bond donors (Lipinski definition) is 2. The average Bonchev–Trinajstić information content (AvgIpc) is 2.82. The molecule has 0 radical (unpaired) electrons. The number of nitrogens with one attached hydrogen (secondary N) is 1. The van der Waals surface area contributed by atoms with Crippen LogP contribution >= 0.6 is 11.8 Å². The van der Waals surface area contributed by atoms with E-state index in [1.165, 1.54) is 18.6 Å². The van der Waals surface area contributed by atoms with Gasteiger partial charge >= 0.3 is 0 Å². The van der Waals surface area contributed by atoms with Gasteiger partial charge in [0.15, 0.2) is 0 Å². The third kappa shape index (κ3) is 2.65. The van der Waals surface area contributed by atoms with Crippen LogP contribution in [0.15, 0.2) is 6.07 Å². The van der Waals surface area contributed by atoms with Crippen LogP contribution in [0.2, 0.25) is 0 Å². The van der Waals surface area contributed by atoms with Gasteiger partial charge < -0.3 is 5.43 Å². The van der Waals surface area contributed by atoms with Crippen LogP contribution in [0.1, 0.15) is 43.0 Å². The lowest BCUT2D eigenvalue weighted by atomic mass is 10.2. The fourth-order valence-electron chi connectivity index (χ4n) is 1.90. The molecule has 88 valence electrons. The molecular weight excluding hydrogens is 220 g/mol. The molecule has 2 heterocycles. The van der Waals surface area contributed by atoms with Gasteiger partial charge in [-0.3, -0.25) is 0 Å². The molecule has 3 N–H and O–H groups in total. The molecule has 1 aromatic rings. The minimum atomic E-state index is 0.462. The van der Waals surface area contributed by atoms with Gasteiger partial charge in [-0.05, 0) is 25.0 Å². The number of thioether (sulfide) groups is 1. The van der Waals surface area contributed by atoms with Crippen LogP contribution in [0.3, 0.4) is 0 Å². The first-order chi connectivity index (χ1) is 7.83. The van der Waals surface area contributed by atoms with E-state index in [1.807, 2.05) is 17.8 Å². The summed E-state index contributed by atoms with van der Waals surface area (Å²) in [5.41, 5.74) is 3.72. The highest BCUT2D eigenvalue weighted by atomic mass is 32.2. The van der Waals surface area contributed by atoms with Crippen LogP contribution in [0, 0.1) is 0 Å². The van der Waals surface area contributed by atoms with Crippen LogP contribution in [0.5, 0.6) is 0 Å². The molecule has 1 aliphatic rings. The van der Waals surface area contributed by atoms with Crippen molar-refractivity contribution in [2.45, 2.75) is 37.9 Å². The smallest absolute Gasteiger partial charge is 0.143 e. The first kappa shape index (κ1) is 11.7. The topological polar surface area (TPSA) is 63.8 Å². The molecule has 1 saturated heterocycles. The average molecular weight is 238 g/mol. The SMILES string of the molecule is CCCc1cc(NN)nc(C2CCCS2)n1. The first-order valence-corrected chi connectivity index (χ1v) is 6.84. The predicted molar refractivity (Wildman–Crippen MR) is 68.3 cm³/mol. The van der Waals surface area contributed by atoms with E-state index in [1.54, 1.807) is 0 Å². The van der Waals surface area contributed by atoms with Crippen LogP contribution in [0.25, 0.3) is 0 Å². The minimum Gasteiger partial charge on any atom is -0.308 e. The van der Waals surface area contributed by atoms with Crippen LogP contribution in [-0.4, -0.2) is 15.7 Å². The van der Waals surface area contributed by atoms with Crippen molar-refractivity contribution in [3.05, 3.63) is 17.6 Å².